The maximum Gasteiger partial charge on any atom is 0.225 e. The van der Waals surface area contributed by atoms with Crippen LogP contribution in [0.25, 0.3) is 0 Å². The first-order valence-electron chi connectivity index (χ1n) is 9.06. The SMILES string of the molecule is Cc1nc2n(n1)CC(C(=O)NCc1noc3c1CC(C)(C)CC3)CC2. The molecule has 0 bridgehead atoms. The van der Waals surface area contributed by atoms with Gasteiger partial charge in [-0.1, -0.05) is 19.0 Å². The summed E-state index contributed by atoms with van der Waals surface area (Å²) in [5, 5.41) is 11.6. The normalized spacial score (nSPS) is 21.5. The number of carbonyl (C=O) groups is 1. The predicted molar refractivity (Wildman–Crippen MR) is 90.7 cm³/mol. The largest absolute Gasteiger partial charge is 0.361 e. The summed E-state index contributed by atoms with van der Waals surface area (Å²) >= 11 is 0. The molecule has 0 spiro atoms. The number of aromatic nitrogens is 4. The van der Waals surface area contributed by atoms with E-state index < -0.39 is 0 Å². The molecule has 7 nitrogen and oxygen atoms in total. The van der Waals surface area contributed by atoms with E-state index >= 15 is 0 Å². The molecule has 1 amide bonds. The predicted octanol–water partition coefficient (Wildman–Crippen LogP) is 1.97. The van der Waals surface area contributed by atoms with Gasteiger partial charge in [0, 0.05) is 18.4 Å². The zero-order chi connectivity index (χ0) is 17.6. The number of hydrogen-bond donors (Lipinski definition) is 1. The lowest BCUT2D eigenvalue weighted by Crippen LogP contribution is -2.36. The fourth-order valence-corrected chi connectivity index (χ4v) is 3.90. The molecule has 7 heteroatoms. The Labute approximate surface area is 147 Å². The monoisotopic (exact) mass is 343 g/mol. The molecule has 0 saturated carbocycles. The molecule has 2 aromatic heterocycles. The molecule has 0 radical (unpaired) electrons. The lowest BCUT2D eigenvalue weighted by atomic mass is 9.76. The van der Waals surface area contributed by atoms with Crippen molar-refractivity contribution in [1.82, 2.24) is 25.2 Å². The smallest absolute Gasteiger partial charge is 0.225 e. The first kappa shape index (κ1) is 16.3. The van der Waals surface area contributed by atoms with E-state index in [1.807, 2.05) is 11.6 Å². The maximum absolute atomic E-state index is 12.6. The molecule has 1 aliphatic carbocycles. The van der Waals surface area contributed by atoms with Gasteiger partial charge in [0.15, 0.2) is 0 Å². The van der Waals surface area contributed by atoms with Crippen LogP contribution in [0.3, 0.4) is 0 Å². The molecule has 3 heterocycles. The van der Waals surface area contributed by atoms with Gasteiger partial charge in [-0.05, 0) is 31.6 Å². The van der Waals surface area contributed by atoms with Crippen LogP contribution in [0.4, 0.5) is 0 Å². The van der Waals surface area contributed by atoms with E-state index in [4.69, 9.17) is 4.52 Å². The van der Waals surface area contributed by atoms with Crippen LogP contribution in [-0.2, 0) is 37.1 Å². The standard InChI is InChI=1S/C18H25N5O2/c1-11-20-16-5-4-12(10-23(16)21-11)17(24)19-9-14-13-8-18(2,3)7-6-15(13)25-22-14/h12H,4-10H2,1-3H3,(H,19,24). The second-order valence-corrected chi connectivity index (χ2v) is 8.08. The van der Waals surface area contributed by atoms with Gasteiger partial charge in [0.2, 0.25) is 5.91 Å². The fraction of sp³-hybridized carbons (Fsp3) is 0.667. The molecule has 4 rings (SSSR count). The third-order valence-electron chi connectivity index (χ3n) is 5.40. The number of carbonyl (C=O) groups excluding carboxylic acids is 1. The van der Waals surface area contributed by atoms with E-state index in [0.29, 0.717) is 13.1 Å². The second kappa shape index (κ2) is 5.97. The summed E-state index contributed by atoms with van der Waals surface area (Å²) < 4.78 is 7.35. The van der Waals surface area contributed by atoms with Crippen molar-refractivity contribution in [3.63, 3.8) is 0 Å². The molecule has 134 valence electrons. The first-order valence-corrected chi connectivity index (χ1v) is 9.06. The van der Waals surface area contributed by atoms with Gasteiger partial charge < -0.3 is 9.84 Å². The van der Waals surface area contributed by atoms with Crippen molar-refractivity contribution in [3.8, 4) is 0 Å². The lowest BCUT2D eigenvalue weighted by Gasteiger charge is -2.28. The highest BCUT2D eigenvalue weighted by Gasteiger charge is 2.31. The van der Waals surface area contributed by atoms with E-state index in [9.17, 15) is 4.79 Å². The van der Waals surface area contributed by atoms with Crippen molar-refractivity contribution in [1.29, 1.82) is 0 Å². The van der Waals surface area contributed by atoms with Crippen molar-refractivity contribution in [2.75, 3.05) is 0 Å². The maximum atomic E-state index is 12.6. The molecule has 0 aromatic carbocycles. The summed E-state index contributed by atoms with van der Waals surface area (Å²) in [6.45, 7) is 7.46. The minimum absolute atomic E-state index is 0.0608. The molecule has 0 saturated heterocycles. The molecule has 2 aromatic rings. The zero-order valence-corrected chi connectivity index (χ0v) is 15.1. The van der Waals surface area contributed by atoms with Gasteiger partial charge in [0.1, 0.15) is 23.1 Å². The summed E-state index contributed by atoms with van der Waals surface area (Å²) in [5.74, 6) is 2.74. The zero-order valence-electron chi connectivity index (χ0n) is 15.1. The van der Waals surface area contributed by atoms with Crippen molar-refractivity contribution < 1.29 is 9.32 Å². The van der Waals surface area contributed by atoms with E-state index in [-0.39, 0.29) is 17.2 Å². The van der Waals surface area contributed by atoms with Gasteiger partial charge in [-0.15, -0.1) is 0 Å². The molecule has 1 atom stereocenters. The van der Waals surface area contributed by atoms with Crippen LogP contribution >= 0.6 is 0 Å². The van der Waals surface area contributed by atoms with Gasteiger partial charge in [0.25, 0.3) is 0 Å². The summed E-state index contributed by atoms with van der Waals surface area (Å²) in [4.78, 5) is 17.0. The van der Waals surface area contributed by atoms with Crippen molar-refractivity contribution >= 4 is 5.91 Å². The highest BCUT2D eigenvalue weighted by atomic mass is 16.5. The van der Waals surface area contributed by atoms with Gasteiger partial charge >= 0.3 is 0 Å². The summed E-state index contributed by atoms with van der Waals surface area (Å²) in [5.41, 5.74) is 2.33. The van der Waals surface area contributed by atoms with E-state index in [1.165, 1.54) is 5.56 Å². The molecular formula is C18H25N5O2. The topological polar surface area (TPSA) is 85.8 Å². The number of nitrogens with zero attached hydrogens (tertiary/aromatic N) is 4. The van der Waals surface area contributed by atoms with Gasteiger partial charge in [-0.2, -0.15) is 5.10 Å². The number of aryl methyl sites for hydroxylation is 3. The Bertz CT molecular complexity index is 804. The Hall–Kier alpha value is -2.18. The quantitative estimate of drug-likeness (QED) is 0.921. The first-order chi connectivity index (χ1) is 11.9. The Morgan fingerprint density at radius 3 is 3.08 bits per heavy atom. The van der Waals surface area contributed by atoms with Crippen LogP contribution in [0, 0.1) is 18.3 Å². The molecule has 1 unspecified atom stereocenters. The van der Waals surface area contributed by atoms with Gasteiger partial charge in [0.05, 0.1) is 19.0 Å². The minimum Gasteiger partial charge on any atom is -0.361 e. The van der Waals surface area contributed by atoms with Crippen LogP contribution in [-0.4, -0.2) is 25.8 Å². The minimum atomic E-state index is -0.0623. The van der Waals surface area contributed by atoms with Crippen molar-refractivity contribution in [2.45, 2.75) is 66.0 Å². The number of nitrogens with one attached hydrogen (secondary N) is 1. The number of hydrogen-bond acceptors (Lipinski definition) is 5. The number of fused-ring (bicyclic) bond motifs is 2. The highest BCUT2D eigenvalue weighted by molar-refractivity contribution is 5.78. The van der Waals surface area contributed by atoms with Crippen molar-refractivity contribution in [2.24, 2.45) is 11.3 Å². The molecule has 2 aliphatic rings. The second-order valence-electron chi connectivity index (χ2n) is 8.08. The van der Waals surface area contributed by atoms with E-state index in [2.05, 4.69) is 34.4 Å². The van der Waals surface area contributed by atoms with Crippen molar-refractivity contribution in [3.05, 3.63) is 28.7 Å². The lowest BCUT2D eigenvalue weighted by molar-refractivity contribution is -0.126. The highest BCUT2D eigenvalue weighted by Crippen LogP contribution is 2.36. The van der Waals surface area contributed by atoms with Crippen LogP contribution in [0.2, 0.25) is 0 Å². The molecule has 0 fully saturated rings. The summed E-state index contributed by atoms with van der Waals surface area (Å²) in [7, 11) is 0. The Morgan fingerprint density at radius 2 is 2.24 bits per heavy atom. The third-order valence-corrected chi connectivity index (χ3v) is 5.40. The van der Waals surface area contributed by atoms with Crippen LogP contribution in [0.5, 0.6) is 0 Å². The average Bonchev–Trinajstić information content (AvgIpc) is 3.12. The Balaban J connectivity index is 1.39. The van der Waals surface area contributed by atoms with Crippen LogP contribution in [0.1, 0.15) is 55.4 Å². The Morgan fingerprint density at radius 1 is 1.40 bits per heavy atom. The molecule has 25 heavy (non-hydrogen) atoms. The molecule has 1 aliphatic heterocycles. The molecule has 1 N–H and O–H groups in total. The van der Waals surface area contributed by atoms with E-state index in [1.54, 1.807) is 0 Å². The average molecular weight is 343 g/mol. The van der Waals surface area contributed by atoms with Gasteiger partial charge in [-0.25, -0.2) is 9.67 Å². The Kier molecular flexibility index (Phi) is 3.89. The summed E-state index contributed by atoms with van der Waals surface area (Å²) in [6.07, 6.45) is 4.62. The number of rotatable bonds is 3. The van der Waals surface area contributed by atoms with Crippen LogP contribution < -0.4 is 5.32 Å². The summed E-state index contributed by atoms with van der Waals surface area (Å²) in [6, 6.07) is 0. The fourth-order valence-electron chi connectivity index (χ4n) is 3.90. The third kappa shape index (κ3) is 3.19. The molecular weight excluding hydrogens is 318 g/mol. The number of amides is 1. The van der Waals surface area contributed by atoms with Crippen LogP contribution in [0.15, 0.2) is 4.52 Å². The van der Waals surface area contributed by atoms with E-state index in [0.717, 1.165) is 55.2 Å². The van der Waals surface area contributed by atoms with Gasteiger partial charge in [-0.3, -0.25) is 4.79 Å².